The van der Waals surface area contributed by atoms with Crippen molar-refractivity contribution in [1.82, 2.24) is 9.88 Å². The number of aromatic nitrogens is 1. The van der Waals surface area contributed by atoms with E-state index in [1.807, 2.05) is 6.07 Å². The fourth-order valence-corrected chi connectivity index (χ4v) is 3.78. The number of oxazole rings is 1. The molecule has 2 heterocycles. The lowest BCUT2D eigenvalue weighted by molar-refractivity contribution is 0.0381. The number of benzene rings is 1. The molecule has 0 radical (unpaired) electrons. The summed E-state index contributed by atoms with van der Waals surface area (Å²) < 4.78 is 6.05. The predicted octanol–water partition coefficient (Wildman–Crippen LogP) is 4.89. The summed E-state index contributed by atoms with van der Waals surface area (Å²) in [4.78, 5) is 7.42. The fraction of sp³-hybridized carbons (Fsp3) is 0.632. The largest absolute Gasteiger partial charge is 0.440 e. The monoisotopic (exact) mass is 300 g/mol. The summed E-state index contributed by atoms with van der Waals surface area (Å²) >= 11 is 0. The molecule has 0 saturated carbocycles. The van der Waals surface area contributed by atoms with Crippen molar-refractivity contribution in [1.29, 1.82) is 0 Å². The average molecular weight is 300 g/mol. The third kappa shape index (κ3) is 2.91. The second kappa shape index (κ2) is 5.69. The Kier molecular flexibility index (Phi) is 4.02. The topological polar surface area (TPSA) is 29.3 Å². The molecule has 120 valence electrons. The van der Waals surface area contributed by atoms with Crippen LogP contribution in [0.5, 0.6) is 0 Å². The minimum Gasteiger partial charge on any atom is -0.440 e. The van der Waals surface area contributed by atoms with Gasteiger partial charge in [-0.05, 0) is 71.2 Å². The molecule has 2 aromatic rings. The van der Waals surface area contributed by atoms with Crippen molar-refractivity contribution >= 4 is 11.1 Å². The van der Waals surface area contributed by atoms with Gasteiger partial charge in [-0.15, -0.1) is 0 Å². The number of likely N-dealkylation sites (tertiary alicyclic amines) is 1. The molecule has 1 fully saturated rings. The number of hydrogen-bond donors (Lipinski definition) is 0. The Morgan fingerprint density at radius 1 is 1.32 bits per heavy atom. The Bertz CT molecular complexity index is 653. The summed E-state index contributed by atoms with van der Waals surface area (Å²) in [5.41, 5.74) is 3.40. The van der Waals surface area contributed by atoms with E-state index in [9.17, 15) is 0 Å². The van der Waals surface area contributed by atoms with Crippen LogP contribution in [0.15, 0.2) is 22.6 Å². The Morgan fingerprint density at radius 3 is 2.77 bits per heavy atom. The van der Waals surface area contributed by atoms with Crippen LogP contribution in [0.25, 0.3) is 11.1 Å². The van der Waals surface area contributed by atoms with Crippen molar-refractivity contribution in [2.75, 3.05) is 6.54 Å². The highest BCUT2D eigenvalue weighted by Crippen LogP contribution is 2.36. The summed E-state index contributed by atoms with van der Waals surface area (Å²) in [5, 5.41) is 0. The first-order chi connectivity index (χ1) is 10.4. The molecule has 1 aliphatic rings. The molecule has 3 nitrogen and oxygen atoms in total. The van der Waals surface area contributed by atoms with Crippen LogP contribution in [0.2, 0.25) is 0 Å². The molecule has 2 atom stereocenters. The molecule has 2 unspecified atom stereocenters. The minimum absolute atomic E-state index is 0.240. The van der Waals surface area contributed by atoms with Gasteiger partial charge in [0.05, 0.1) is 0 Å². The lowest BCUT2D eigenvalue weighted by Crippen LogP contribution is -2.51. The van der Waals surface area contributed by atoms with Crippen LogP contribution < -0.4 is 0 Å². The zero-order valence-corrected chi connectivity index (χ0v) is 14.5. The third-order valence-electron chi connectivity index (χ3n) is 4.96. The smallest absolute Gasteiger partial charge is 0.198 e. The van der Waals surface area contributed by atoms with Gasteiger partial charge in [-0.2, -0.15) is 0 Å². The summed E-state index contributed by atoms with van der Waals surface area (Å²) in [6, 6.07) is 6.87. The third-order valence-corrected chi connectivity index (χ3v) is 4.96. The van der Waals surface area contributed by atoms with Crippen LogP contribution in [0.1, 0.15) is 64.3 Å². The van der Waals surface area contributed by atoms with Crippen molar-refractivity contribution in [3.05, 3.63) is 29.7 Å². The SMILES string of the molecule is CCC1CC(c2nc3cc(C)ccc3o2)CCN1C(C)(C)C. The van der Waals surface area contributed by atoms with Crippen LogP contribution in [-0.2, 0) is 0 Å². The minimum atomic E-state index is 0.240. The summed E-state index contributed by atoms with van der Waals surface area (Å²) in [6.07, 6.45) is 3.48. The molecule has 22 heavy (non-hydrogen) atoms. The molecule has 1 aromatic heterocycles. The molecule has 0 spiro atoms. The van der Waals surface area contributed by atoms with Crippen LogP contribution in [0, 0.1) is 6.92 Å². The van der Waals surface area contributed by atoms with Gasteiger partial charge >= 0.3 is 0 Å². The van der Waals surface area contributed by atoms with Crippen molar-refractivity contribution in [2.45, 2.75) is 71.4 Å². The van der Waals surface area contributed by atoms with Crippen molar-refractivity contribution in [2.24, 2.45) is 0 Å². The number of nitrogens with zero attached hydrogens (tertiary/aromatic N) is 2. The number of hydrogen-bond acceptors (Lipinski definition) is 3. The van der Waals surface area contributed by atoms with E-state index in [0.29, 0.717) is 12.0 Å². The van der Waals surface area contributed by atoms with Gasteiger partial charge in [0.2, 0.25) is 0 Å². The van der Waals surface area contributed by atoms with E-state index >= 15 is 0 Å². The van der Waals surface area contributed by atoms with Gasteiger partial charge in [0.25, 0.3) is 0 Å². The van der Waals surface area contributed by atoms with Gasteiger partial charge in [0.1, 0.15) is 5.52 Å². The summed E-state index contributed by atoms with van der Waals surface area (Å²) in [5.74, 6) is 1.39. The lowest BCUT2D eigenvalue weighted by atomic mass is 9.86. The van der Waals surface area contributed by atoms with Crippen LogP contribution in [-0.4, -0.2) is 28.0 Å². The van der Waals surface area contributed by atoms with Gasteiger partial charge in [-0.1, -0.05) is 13.0 Å². The summed E-state index contributed by atoms with van der Waals surface area (Å²) in [7, 11) is 0. The van der Waals surface area contributed by atoms with Gasteiger partial charge in [0.15, 0.2) is 11.5 Å². The highest BCUT2D eigenvalue weighted by molar-refractivity contribution is 5.73. The average Bonchev–Trinajstić information content (AvgIpc) is 2.88. The van der Waals surface area contributed by atoms with Crippen molar-refractivity contribution in [3.63, 3.8) is 0 Å². The molecule has 1 aromatic carbocycles. The molecule has 1 saturated heterocycles. The Balaban J connectivity index is 1.83. The zero-order valence-electron chi connectivity index (χ0n) is 14.5. The Hall–Kier alpha value is -1.35. The van der Waals surface area contributed by atoms with E-state index < -0.39 is 0 Å². The Labute approximate surface area is 133 Å². The molecule has 0 amide bonds. The van der Waals surface area contributed by atoms with E-state index in [1.165, 1.54) is 12.0 Å². The maximum absolute atomic E-state index is 6.05. The van der Waals surface area contributed by atoms with Crippen molar-refractivity contribution < 1.29 is 4.42 Å². The first kappa shape index (κ1) is 15.5. The van der Waals surface area contributed by atoms with Gasteiger partial charge in [-0.3, -0.25) is 4.90 Å². The van der Waals surface area contributed by atoms with E-state index in [-0.39, 0.29) is 5.54 Å². The first-order valence-electron chi connectivity index (χ1n) is 8.52. The Morgan fingerprint density at radius 2 is 2.09 bits per heavy atom. The quantitative estimate of drug-likeness (QED) is 0.790. The second-order valence-electron chi connectivity index (χ2n) is 7.67. The molecule has 0 N–H and O–H groups in total. The normalized spacial score (nSPS) is 24.0. The maximum atomic E-state index is 6.05. The number of piperidine rings is 1. The predicted molar refractivity (Wildman–Crippen MR) is 91.3 cm³/mol. The standard InChI is InChI=1S/C19H28N2O/c1-6-15-12-14(9-10-21(15)19(3,4)5)18-20-16-11-13(2)7-8-17(16)22-18/h7-8,11,14-15H,6,9-10,12H2,1-5H3. The molecular formula is C19H28N2O. The maximum Gasteiger partial charge on any atom is 0.198 e. The van der Waals surface area contributed by atoms with Gasteiger partial charge in [0, 0.05) is 17.5 Å². The van der Waals surface area contributed by atoms with Crippen LogP contribution in [0.3, 0.4) is 0 Å². The zero-order chi connectivity index (χ0) is 15.9. The van der Waals surface area contributed by atoms with Gasteiger partial charge in [-0.25, -0.2) is 4.98 Å². The first-order valence-corrected chi connectivity index (χ1v) is 8.52. The number of aryl methyl sites for hydroxylation is 1. The van der Waals surface area contributed by atoms with E-state index in [1.54, 1.807) is 0 Å². The molecule has 3 rings (SSSR count). The second-order valence-corrected chi connectivity index (χ2v) is 7.67. The van der Waals surface area contributed by atoms with Crippen molar-refractivity contribution in [3.8, 4) is 0 Å². The number of rotatable bonds is 2. The van der Waals surface area contributed by atoms with E-state index in [0.717, 1.165) is 36.4 Å². The summed E-state index contributed by atoms with van der Waals surface area (Å²) in [6.45, 7) is 12.5. The number of fused-ring (bicyclic) bond motifs is 1. The highest BCUT2D eigenvalue weighted by atomic mass is 16.3. The van der Waals surface area contributed by atoms with Crippen LogP contribution in [0.4, 0.5) is 0 Å². The molecule has 3 heteroatoms. The molecule has 0 bridgehead atoms. The highest BCUT2D eigenvalue weighted by Gasteiger charge is 2.35. The van der Waals surface area contributed by atoms with Gasteiger partial charge < -0.3 is 4.42 Å². The molecule has 0 aliphatic carbocycles. The van der Waals surface area contributed by atoms with E-state index in [2.05, 4.69) is 51.7 Å². The molecular weight excluding hydrogens is 272 g/mol. The molecule has 1 aliphatic heterocycles. The lowest BCUT2D eigenvalue weighted by Gasteiger charge is -2.46. The van der Waals surface area contributed by atoms with Crippen LogP contribution >= 0.6 is 0 Å². The van der Waals surface area contributed by atoms with E-state index in [4.69, 9.17) is 9.40 Å². The fourth-order valence-electron chi connectivity index (χ4n) is 3.78.